The van der Waals surface area contributed by atoms with Gasteiger partial charge in [-0.2, -0.15) is 0 Å². The lowest BCUT2D eigenvalue weighted by atomic mass is 10.0. The van der Waals surface area contributed by atoms with E-state index < -0.39 is 5.60 Å². The van der Waals surface area contributed by atoms with Crippen molar-refractivity contribution in [3.05, 3.63) is 83.4 Å². The van der Waals surface area contributed by atoms with E-state index in [4.69, 9.17) is 4.74 Å². The zero-order chi connectivity index (χ0) is 19.9. The predicted octanol–water partition coefficient (Wildman–Crippen LogP) is 5.02. The van der Waals surface area contributed by atoms with E-state index in [1.807, 2.05) is 45.2 Å². The van der Waals surface area contributed by atoms with Crippen LogP contribution < -0.4 is 0 Å². The molecule has 4 rings (SSSR count). The molecule has 1 amide bonds. The number of ether oxygens (including phenoxy) is 1. The summed E-state index contributed by atoms with van der Waals surface area (Å²) in [6.07, 6.45) is 3.40. The third kappa shape index (κ3) is 3.40. The van der Waals surface area contributed by atoms with Crippen LogP contribution in [-0.4, -0.2) is 26.1 Å². The van der Waals surface area contributed by atoms with Crippen molar-refractivity contribution in [2.75, 3.05) is 0 Å². The minimum Gasteiger partial charge on any atom is -0.444 e. The lowest BCUT2D eigenvalue weighted by Crippen LogP contribution is -2.37. The second-order valence-corrected chi connectivity index (χ2v) is 8.20. The van der Waals surface area contributed by atoms with Crippen LogP contribution in [0.15, 0.2) is 60.9 Å². The number of fused-ring (bicyclic) bond motifs is 1. The minimum atomic E-state index is -0.553. The van der Waals surface area contributed by atoms with Gasteiger partial charge in [0.25, 0.3) is 0 Å². The summed E-state index contributed by atoms with van der Waals surface area (Å²) in [4.78, 5) is 19.4. The molecule has 0 N–H and O–H groups in total. The fraction of sp³-hybridized carbons (Fsp3) is 0.304. The van der Waals surface area contributed by atoms with Gasteiger partial charge >= 0.3 is 6.09 Å². The molecule has 1 atom stereocenters. The summed E-state index contributed by atoms with van der Waals surface area (Å²) in [7, 11) is 0. The molecule has 0 aliphatic carbocycles. The van der Waals surface area contributed by atoms with E-state index in [2.05, 4.69) is 46.8 Å². The number of nitrogens with zero attached hydrogens (tertiary/aromatic N) is 3. The number of rotatable bonds is 2. The van der Waals surface area contributed by atoms with Crippen LogP contribution in [-0.2, 0) is 11.3 Å². The second kappa shape index (κ2) is 6.82. The summed E-state index contributed by atoms with van der Waals surface area (Å²) >= 11 is 0. The molecule has 0 saturated carbocycles. The number of carbonyl (C=O) groups is 1. The summed E-state index contributed by atoms with van der Waals surface area (Å²) in [6.45, 7) is 8.23. The zero-order valence-electron chi connectivity index (χ0n) is 16.7. The smallest absolute Gasteiger partial charge is 0.411 e. The van der Waals surface area contributed by atoms with Gasteiger partial charge < -0.3 is 9.30 Å². The molecule has 1 aromatic heterocycles. The lowest BCUT2D eigenvalue weighted by molar-refractivity contribution is 0.0196. The van der Waals surface area contributed by atoms with Gasteiger partial charge in [0.2, 0.25) is 0 Å². The van der Waals surface area contributed by atoms with Crippen LogP contribution in [0.1, 0.15) is 49.3 Å². The average Bonchev–Trinajstić information content (AvgIpc) is 3.24. The van der Waals surface area contributed by atoms with Crippen molar-refractivity contribution in [1.82, 2.24) is 14.5 Å². The number of aryl methyl sites for hydroxylation is 1. The quantitative estimate of drug-likeness (QED) is 0.632. The van der Waals surface area contributed by atoms with Gasteiger partial charge in [-0.15, -0.1) is 0 Å². The van der Waals surface area contributed by atoms with E-state index in [1.165, 1.54) is 5.56 Å². The minimum absolute atomic E-state index is 0.290. The van der Waals surface area contributed by atoms with Gasteiger partial charge in [-0.25, -0.2) is 9.78 Å². The Balaban J connectivity index is 1.80. The fourth-order valence-electron chi connectivity index (χ4n) is 3.67. The molecule has 1 aliphatic heterocycles. The highest BCUT2D eigenvalue weighted by Gasteiger charge is 2.39. The Morgan fingerprint density at radius 3 is 2.68 bits per heavy atom. The number of amides is 1. The lowest BCUT2D eigenvalue weighted by Gasteiger charge is -2.29. The van der Waals surface area contributed by atoms with E-state index >= 15 is 0 Å². The van der Waals surface area contributed by atoms with Crippen molar-refractivity contribution in [3.63, 3.8) is 0 Å². The molecule has 1 aliphatic rings. The van der Waals surface area contributed by atoms with E-state index in [-0.39, 0.29) is 12.1 Å². The maximum absolute atomic E-state index is 13.0. The number of hydrogen-bond acceptors (Lipinski definition) is 3. The number of imidazole rings is 1. The highest BCUT2D eigenvalue weighted by Crippen LogP contribution is 2.39. The highest BCUT2D eigenvalue weighted by atomic mass is 16.6. The molecule has 5 nitrogen and oxygen atoms in total. The van der Waals surface area contributed by atoms with Crippen LogP contribution in [0.3, 0.4) is 0 Å². The first kappa shape index (κ1) is 18.3. The monoisotopic (exact) mass is 375 g/mol. The third-order valence-corrected chi connectivity index (χ3v) is 4.82. The summed E-state index contributed by atoms with van der Waals surface area (Å²) in [5.41, 5.74) is 3.86. The van der Waals surface area contributed by atoms with Crippen LogP contribution in [0.25, 0.3) is 5.69 Å². The number of hydrogen-bond donors (Lipinski definition) is 0. The Bertz CT molecular complexity index is 1020. The van der Waals surface area contributed by atoms with Crippen LogP contribution in [0.5, 0.6) is 0 Å². The second-order valence-electron chi connectivity index (χ2n) is 8.20. The van der Waals surface area contributed by atoms with Crippen LogP contribution >= 0.6 is 0 Å². The normalized spacial score (nSPS) is 16.1. The standard InChI is InChI=1S/C23H25N3O2/c1-16-8-7-10-18(14-16)25-13-12-24-21(25)20-19-11-6-5-9-17(19)15-26(20)22(27)28-23(2,3)4/h5-14,20H,15H2,1-4H3. The molecule has 3 aromatic rings. The first-order valence-electron chi connectivity index (χ1n) is 9.51. The van der Waals surface area contributed by atoms with Gasteiger partial charge in [-0.3, -0.25) is 4.90 Å². The SMILES string of the molecule is Cc1cccc(-n2ccnc2C2c3ccccc3CN2C(=O)OC(C)(C)C)c1. The maximum Gasteiger partial charge on any atom is 0.411 e. The van der Waals surface area contributed by atoms with Crippen LogP contribution in [0.2, 0.25) is 0 Å². The van der Waals surface area contributed by atoms with Crippen molar-refractivity contribution in [1.29, 1.82) is 0 Å². The molecule has 0 saturated heterocycles. The van der Waals surface area contributed by atoms with E-state index in [9.17, 15) is 4.79 Å². The van der Waals surface area contributed by atoms with E-state index in [0.717, 1.165) is 22.6 Å². The Morgan fingerprint density at radius 1 is 1.14 bits per heavy atom. The molecule has 144 valence electrons. The van der Waals surface area contributed by atoms with Crippen LogP contribution in [0.4, 0.5) is 4.79 Å². The maximum atomic E-state index is 13.0. The molecule has 5 heteroatoms. The Kier molecular flexibility index (Phi) is 4.46. The van der Waals surface area contributed by atoms with Crippen LogP contribution in [0, 0.1) is 6.92 Å². The molecule has 0 radical (unpaired) electrons. The average molecular weight is 375 g/mol. The van der Waals surface area contributed by atoms with E-state index in [0.29, 0.717) is 6.54 Å². The van der Waals surface area contributed by atoms with E-state index in [1.54, 1.807) is 11.1 Å². The zero-order valence-corrected chi connectivity index (χ0v) is 16.7. The Morgan fingerprint density at radius 2 is 1.93 bits per heavy atom. The molecule has 0 spiro atoms. The third-order valence-electron chi connectivity index (χ3n) is 4.82. The topological polar surface area (TPSA) is 47.4 Å². The van der Waals surface area contributed by atoms with Gasteiger partial charge in [0.15, 0.2) is 0 Å². The summed E-state index contributed by atoms with van der Waals surface area (Å²) in [5.74, 6) is 0.807. The van der Waals surface area contributed by atoms with Crippen molar-refractivity contribution < 1.29 is 9.53 Å². The summed E-state index contributed by atoms with van der Waals surface area (Å²) in [6, 6.07) is 16.1. The van der Waals surface area contributed by atoms with Crippen molar-refractivity contribution in [2.45, 2.75) is 45.9 Å². The first-order chi connectivity index (χ1) is 13.3. The largest absolute Gasteiger partial charge is 0.444 e. The van der Waals surface area contributed by atoms with Gasteiger partial charge in [0.05, 0.1) is 6.54 Å². The molecular weight excluding hydrogens is 350 g/mol. The fourth-order valence-corrected chi connectivity index (χ4v) is 3.67. The highest BCUT2D eigenvalue weighted by molar-refractivity contribution is 5.71. The molecule has 2 heterocycles. The Labute approximate surface area is 165 Å². The molecular formula is C23H25N3O2. The van der Waals surface area contributed by atoms with Gasteiger partial charge in [0, 0.05) is 18.1 Å². The number of benzene rings is 2. The summed E-state index contributed by atoms with van der Waals surface area (Å²) in [5, 5.41) is 0. The molecule has 1 unspecified atom stereocenters. The van der Waals surface area contributed by atoms with Gasteiger partial charge in [-0.1, -0.05) is 36.4 Å². The molecule has 2 aromatic carbocycles. The van der Waals surface area contributed by atoms with Gasteiger partial charge in [-0.05, 0) is 56.5 Å². The van der Waals surface area contributed by atoms with Crippen molar-refractivity contribution in [2.24, 2.45) is 0 Å². The first-order valence-corrected chi connectivity index (χ1v) is 9.51. The van der Waals surface area contributed by atoms with Crippen molar-refractivity contribution >= 4 is 6.09 Å². The summed E-state index contributed by atoms with van der Waals surface area (Å²) < 4.78 is 7.75. The molecule has 28 heavy (non-hydrogen) atoms. The molecule has 0 bridgehead atoms. The molecule has 0 fully saturated rings. The number of aromatic nitrogens is 2. The van der Waals surface area contributed by atoms with Gasteiger partial charge in [0.1, 0.15) is 17.5 Å². The number of carbonyl (C=O) groups excluding carboxylic acids is 1. The Hall–Kier alpha value is -3.08. The van der Waals surface area contributed by atoms with Crippen molar-refractivity contribution in [3.8, 4) is 5.69 Å². The predicted molar refractivity (Wildman–Crippen MR) is 108 cm³/mol.